The Morgan fingerprint density at radius 3 is 2.48 bits per heavy atom. The van der Waals surface area contributed by atoms with Gasteiger partial charge in [-0.15, -0.1) is 21.5 Å². The number of nitrogens with zero attached hydrogens (tertiary/aromatic N) is 4. The van der Waals surface area contributed by atoms with Crippen molar-refractivity contribution >= 4 is 35.2 Å². The molecule has 1 N–H and O–H groups in total. The molecular weight excluding hydrogens is 450 g/mol. The zero-order chi connectivity index (χ0) is 23.3. The van der Waals surface area contributed by atoms with Crippen molar-refractivity contribution in [2.45, 2.75) is 31.3 Å². The van der Waals surface area contributed by atoms with Gasteiger partial charge in [0.2, 0.25) is 0 Å². The summed E-state index contributed by atoms with van der Waals surface area (Å²) in [7, 11) is 0. The Balaban J connectivity index is 1.55. The van der Waals surface area contributed by atoms with Crippen LogP contribution in [-0.4, -0.2) is 32.6 Å². The van der Waals surface area contributed by atoms with Gasteiger partial charge in [0, 0.05) is 16.1 Å². The lowest BCUT2D eigenvalue weighted by Gasteiger charge is -2.19. The van der Waals surface area contributed by atoms with Crippen molar-refractivity contribution in [2.24, 2.45) is 5.10 Å². The van der Waals surface area contributed by atoms with Gasteiger partial charge in [-0.2, -0.15) is 5.10 Å². The topological polar surface area (TPSA) is 72.2 Å². The Hall–Kier alpha value is -3.23. The number of thiophene rings is 1. The second kappa shape index (κ2) is 10.1. The summed E-state index contributed by atoms with van der Waals surface area (Å²) in [5.74, 6) is 0.710. The Kier molecular flexibility index (Phi) is 7.05. The molecular formula is C25H25N5OS2. The zero-order valence-electron chi connectivity index (χ0n) is 18.7. The molecule has 2 aromatic carbocycles. The molecule has 0 aliphatic rings. The summed E-state index contributed by atoms with van der Waals surface area (Å²) in [6.45, 7) is 6.58. The minimum atomic E-state index is -0.202. The molecule has 0 bridgehead atoms. The third-order valence-corrected chi connectivity index (χ3v) is 6.65. The molecule has 4 aromatic rings. The monoisotopic (exact) mass is 475 g/mol. The molecule has 33 heavy (non-hydrogen) atoms. The maximum absolute atomic E-state index is 12.3. The molecule has 0 saturated carbocycles. The fourth-order valence-electron chi connectivity index (χ4n) is 3.17. The van der Waals surface area contributed by atoms with Gasteiger partial charge in [0.05, 0.1) is 12.0 Å². The van der Waals surface area contributed by atoms with E-state index in [1.807, 2.05) is 52.4 Å². The number of amides is 1. The number of nitrogens with one attached hydrogen (secondary N) is 1. The molecule has 0 unspecified atom stereocenters. The quantitative estimate of drug-likeness (QED) is 0.217. The molecule has 168 valence electrons. The van der Waals surface area contributed by atoms with E-state index >= 15 is 0 Å². The van der Waals surface area contributed by atoms with Gasteiger partial charge in [-0.25, -0.2) is 5.43 Å². The predicted molar refractivity (Wildman–Crippen MR) is 136 cm³/mol. The van der Waals surface area contributed by atoms with E-state index in [0.717, 1.165) is 22.0 Å². The first-order chi connectivity index (χ1) is 15.9. The van der Waals surface area contributed by atoms with Gasteiger partial charge in [-0.1, -0.05) is 81.1 Å². The number of carbonyl (C=O) groups excluding carboxylic acids is 1. The third kappa shape index (κ3) is 5.77. The maximum atomic E-state index is 12.3. The normalized spacial score (nSPS) is 11.7. The largest absolute Gasteiger partial charge is 0.272 e. The van der Waals surface area contributed by atoms with Crippen LogP contribution in [0.25, 0.3) is 17.1 Å². The molecule has 0 spiro atoms. The van der Waals surface area contributed by atoms with Crippen LogP contribution in [0.15, 0.2) is 82.4 Å². The van der Waals surface area contributed by atoms with Crippen LogP contribution < -0.4 is 5.43 Å². The standard InChI is InChI=1S/C25H25N5OS2/c1-25(2,3)19-13-11-18(12-14-19)23-28-29-24(30(23)20-8-5-4-6-9-20)33-17-22(31)27-26-16-21-10-7-15-32-21/h4-16H,17H2,1-3H3,(H,27,31). The number of hydrazone groups is 1. The molecule has 0 aliphatic carbocycles. The molecule has 1 amide bonds. The number of hydrogen-bond acceptors (Lipinski definition) is 6. The molecule has 0 atom stereocenters. The summed E-state index contributed by atoms with van der Waals surface area (Å²) in [5, 5.41) is 15.5. The molecule has 2 heterocycles. The molecule has 6 nitrogen and oxygen atoms in total. The highest BCUT2D eigenvalue weighted by Gasteiger charge is 2.19. The molecule has 8 heteroatoms. The fraction of sp³-hybridized carbons (Fsp3) is 0.200. The van der Waals surface area contributed by atoms with E-state index < -0.39 is 0 Å². The number of rotatable bonds is 7. The van der Waals surface area contributed by atoms with Crippen LogP contribution >= 0.6 is 23.1 Å². The molecule has 0 fully saturated rings. The van der Waals surface area contributed by atoms with Crippen LogP contribution in [0.3, 0.4) is 0 Å². The second-order valence-corrected chi connectivity index (χ2v) is 10.3. The number of aromatic nitrogens is 3. The first kappa shape index (κ1) is 22.9. The first-order valence-corrected chi connectivity index (χ1v) is 12.4. The third-order valence-electron chi connectivity index (χ3n) is 4.91. The van der Waals surface area contributed by atoms with Crippen molar-refractivity contribution in [1.82, 2.24) is 20.2 Å². The highest BCUT2D eigenvalue weighted by atomic mass is 32.2. The van der Waals surface area contributed by atoms with Gasteiger partial charge in [0.1, 0.15) is 0 Å². The molecule has 2 aromatic heterocycles. The first-order valence-electron chi connectivity index (χ1n) is 10.5. The fourth-order valence-corrected chi connectivity index (χ4v) is 4.50. The number of hydrogen-bond donors (Lipinski definition) is 1. The van der Waals surface area contributed by atoms with Crippen LogP contribution in [0, 0.1) is 0 Å². The van der Waals surface area contributed by atoms with Crippen molar-refractivity contribution in [3.8, 4) is 17.1 Å². The summed E-state index contributed by atoms with van der Waals surface area (Å²) in [4.78, 5) is 13.3. The second-order valence-electron chi connectivity index (χ2n) is 8.40. The minimum absolute atomic E-state index is 0.0754. The lowest BCUT2D eigenvalue weighted by atomic mass is 9.87. The van der Waals surface area contributed by atoms with E-state index in [4.69, 9.17) is 0 Å². The number of para-hydroxylation sites is 1. The molecule has 0 radical (unpaired) electrons. The van der Waals surface area contributed by atoms with Gasteiger partial charge in [-0.05, 0) is 34.6 Å². The van der Waals surface area contributed by atoms with Crippen molar-refractivity contribution < 1.29 is 4.79 Å². The van der Waals surface area contributed by atoms with Gasteiger partial charge in [0.25, 0.3) is 5.91 Å². The van der Waals surface area contributed by atoms with Crippen molar-refractivity contribution in [1.29, 1.82) is 0 Å². The van der Waals surface area contributed by atoms with Crippen LogP contribution in [0.2, 0.25) is 0 Å². The van der Waals surface area contributed by atoms with Crippen LogP contribution in [0.1, 0.15) is 31.2 Å². The summed E-state index contributed by atoms with van der Waals surface area (Å²) >= 11 is 2.89. The van der Waals surface area contributed by atoms with Gasteiger partial charge in [-0.3, -0.25) is 9.36 Å². The highest BCUT2D eigenvalue weighted by molar-refractivity contribution is 7.99. The highest BCUT2D eigenvalue weighted by Crippen LogP contribution is 2.30. The van der Waals surface area contributed by atoms with E-state index in [1.54, 1.807) is 17.6 Å². The Morgan fingerprint density at radius 2 is 1.82 bits per heavy atom. The van der Waals surface area contributed by atoms with E-state index in [-0.39, 0.29) is 17.1 Å². The molecule has 4 rings (SSSR count). The van der Waals surface area contributed by atoms with Crippen LogP contribution in [-0.2, 0) is 10.2 Å². The van der Waals surface area contributed by atoms with E-state index in [9.17, 15) is 4.79 Å². The number of benzene rings is 2. The summed E-state index contributed by atoms with van der Waals surface area (Å²) in [6, 6.07) is 22.2. The van der Waals surface area contributed by atoms with Crippen molar-refractivity contribution in [3.05, 3.63) is 82.6 Å². The Bertz CT molecular complexity index is 1220. The summed E-state index contributed by atoms with van der Waals surface area (Å²) in [6.07, 6.45) is 1.64. The zero-order valence-corrected chi connectivity index (χ0v) is 20.4. The van der Waals surface area contributed by atoms with Crippen LogP contribution in [0.5, 0.6) is 0 Å². The SMILES string of the molecule is CC(C)(C)c1ccc(-c2nnc(SCC(=O)NN=Cc3cccs3)n2-c2ccccc2)cc1. The minimum Gasteiger partial charge on any atom is -0.272 e. The maximum Gasteiger partial charge on any atom is 0.250 e. The Morgan fingerprint density at radius 1 is 1.06 bits per heavy atom. The lowest BCUT2D eigenvalue weighted by molar-refractivity contribution is -0.118. The number of thioether (sulfide) groups is 1. The summed E-state index contributed by atoms with van der Waals surface area (Å²) < 4.78 is 1.99. The average Bonchev–Trinajstić information content (AvgIpc) is 3.48. The van der Waals surface area contributed by atoms with Gasteiger partial charge < -0.3 is 0 Å². The van der Waals surface area contributed by atoms with Gasteiger partial charge in [0.15, 0.2) is 11.0 Å². The van der Waals surface area contributed by atoms with E-state index in [0.29, 0.717) is 5.16 Å². The van der Waals surface area contributed by atoms with E-state index in [1.165, 1.54) is 17.3 Å². The van der Waals surface area contributed by atoms with Crippen molar-refractivity contribution in [3.63, 3.8) is 0 Å². The molecule has 0 saturated heterocycles. The predicted octanol–water partition coefficient (Wildman–Crippen LogP) is 5.54. The Labute approximate surface area is 201 Å². The lowest BCUT2D eigenvalue weighted by Crippen LogP contribution is -2.19. The summed E-state index contributed by atoms with van der Waals surface area (Å²) in [5.41, 5.74) is 5.81. The number of carbonyl (C=O) groups is 1. The van der Waals surface area contributed by atoms with Crippen molar-refractivity contribution in [2.75, 3.05) is 5.75 Å². The molecule has 0 aliphatic heterocycles. The van der Waals surface area contributed by atoms with Crippen LogP contribution in [0.4, 0.5) is 0 Å². The van der Waals surface area contributed by atoms with Gasteiger partial charge >= 0.3 is 0 Å². The smallest absolute Gasteiger partial charge is 0.250 e. The average molecular weight is 476 g/mol. The van der Waals surface area contributed by atoms with E-state index in [2.05, 4.69) is 65.8 Å².